The number of amides is 1. The maximum atomic E-state index is 12.0. The number of carbonyl (C=O) groups excluding carboxylic acids is 1. The largest absolute Gasteiger partial charge is 0.386 e. The molecule has 2 aromatic rings. The average Bonchev–Trinajstić information content (AvgIpc) is 2.47. The highest BCUT2D eigenvalue weighted by molar-refractivity contribution is 6.30. The van der Waals surface area contributed by atoms with Crippen LogP contribution in [0.5, 0.6) is 0 Å². The lowest BCUT2D eigenvalue weighted by Crippen LogP contribution is -2.37. The fourth-order valence-corrected chi connectivity index (χ4v) is 2.07. The van der Waals surface area contributed by atoms with E-state index >= 15 is 0 Å². The highest BCUT2D eigenvalue weighted by atomic mass is 35.5. The SMILES string of the molecule is CC(NC(=O)c1ccc(Cl)nc1)C(O)c1ccc(Cl)cc1. The molecular weight excluding hydrogens is 311 g/mol. The third kappa shape index (κ3) is 4.17. The molecule has 1 aromatic carbocycles. The summed E-state index contributed by atoms with van der Waals surface area (Å²) in [5, 5.41) is 13.9. The first-order chi connectivity index (χ1) is 9.97. The van der Waals surface area contributed by atoms with E-state index in [4.69, 9.17) is 23.2 Å². The molecule has 0 aliphatic rings. The van der Waals surface area contributed by atoms with E-state index in [1.807, 2.05) is 0 Å². The molecule has 2 N–H and O–H groups in total. The molecule has 21 heavy (non-hydrogen) atoms. The lowest BCUT2D eigenvalue weighted by molar-refractivity contribution is 0.0851. The Morgan fingerprint density at radius 1 is 1.19 bits per heavy atom. The van der Waals surface area contributed by atoms with E-state index in [1.54, 1.807) is 37.3 Å². The van der Waals surface area contributed by atoms with Gasteiger partial charge in [0.25, 0.3) is 5.91 Å². The molecule has 0 bridgehead atoms. The number of pyridine rings is 1. The van der Waals surface area contributed by atoms with Crippen LogP contribution in [0.3, 0.4) is 0 Å². The van der Waals surface area contributed by atoms with Crippen molar-refractivity contribution >= 4 is 29.1 Å². The molecule has 0 aliphatic heterocycles. The second-order valence-corrected chi connectivity index (χ2v) is 5.45. The maximum Gasteiger partial charge on any atom is 0.253 e. The monoisotopic (exact) mass is 324 g/mol. The molecule has 1 aromatic heterocycles. The molecule has 0 radical (unpaired) electrons. The van der Waals surface area contributed by atoms with Crippen LogP contribution in [0.1, 0.15) is 28.9 Å². The maximum absolute atomic E-state index is 12.0. The number of hydrogen-bond donors (Lipinski definition) is 2. The fraction of sp³-hybridized carbons (Fsp3) is 0.200. The lowest BCUT2D eigenvalue weighted by atomic mass is 10.0. The number of hydrogen-bond acceptors (Lipinski definition) is 3. The first-order valence-corrected chi connectivity index (χ1v) is 7.09. The third-order valence-electron chi connectivity index (χ3n) is 3.03. The highest BCUT2D eigenvalue weighted by Crippen LogP contribution is 2.19. The van der Waals surface area contributed by atoms with Gasteiger partial charge in [-0.15, -0.1) is 0 Å². The standard InChI is InChI=1S/C15H14Cl2N2O2/c1-9(14(20)10-2-5-12(16)6-3-10)19-15(21)11-4-7-13(17)18-8-11/h2-9,14,20H,1H3,(H,19,21). The Hall–Kier alpha value is -1.62. The zero-order valence-electron chi connectivity index (χ0n) is 11.3. The van der Waals surface area contributed by atoms with Crippen molar-refractivity contribution in [2.24, 2.45) is 0 Å². The van der Waals surface area contributed by atoms with Crippen molar-refractivity contribution < 1.29 is 9.90 Å². The average molecular weight is 325 g/mol. The van der Waals surface area contributed by atoms with Crippen molar-refractivity contribution in [2.45, 2.75) is 19.1 Å². The van der Waals surface area contributed by atoms with Gasteiger partial charge in [0.05, 0.1) is 17.7 Å². The van der Waals surface area contributed by atoms with Gasteiger partial charge in [-0.3, -0.25) is 4.79 Å². The summed E-state index contributed by atoms with van der Waals surface area (Å²) in [5.74, 6) is -0.320. The van der Waals surface area contributed by atoms with Crippen molar-refractivity contribution in [3.8, 4) is 0 Å². The van der Waals surface area contributed by atoms with Gasteiger partial charge in [-0.05, 0) is 36.8 Å². The minimum Gasteiger partial charge on any atom is -0.386 e. The van der Waals surface area contributed by atoms with Gasteiger partial charge >= 0.3 is 0 Å². The molecule has 0 spiro atoms. The zero-order chi connectivity index (χ0) is 15.4. The Morgan fingerprint density at radius 2 is 1.86 bits per heavy atom. The van der Waals surface area contributed by atoms with Crippen LogP contribution in [0.2, 0.25) is 10.2 Å². The molecule has 0 fully saturated rings. The predicted octanol–water partition coefficient (Wildman–Crippen LogP) is 3.24. The van der Waals surface area contributed by atoms with E-state index in [1.165, 1.54) is 12.3 Å². The second-order valence-electron chi connectivity index (χ2n) is 4.63. The number of halogens is 2. The Morgan fingerprint density at radius 3 is 2.43 bits per heavy atom. The molecule has 110 valence electrons. The van der Waals surface area contributed by atoms with Crippen molar-refractivity contribution in [1.82, 2.24) is 10.3 Å². The summed E-state index contributed by atoms with van der Waals surface area (Å²) in [4.78, 5) is 15.9. The van der Waals surface area contributed by atoms with E-state index in [0.29, 0.717) is 21.3 Å². The number of aliphatic hydroxyl groups excluding tert-OH is 1. The summed E-state index contributed by atoms with van der Waals surface area (Å²) in [5.41, 5.74) is 1.07. The second kappa shape index (κ2) is 6.89. The van der Waals surface area contributed by atoms with Crippen molar-refractivity contribution in [2.75, 3.05) is 0 Å². The first kappa shape index (κ1) is 15.8. The highest BCUT2D eigenvalue weighted by Gasteiger charge is 2.19. The van der Waals surface area contributed by atoms with Crippen LogP contribution >= 0.6 is 23.2 Å². The quantitative estimate of drug-likeness (QED) is 0.849. The van der Waals surface area contributed by atoms with Gasteiger partial charge in [0, 0.05) is 11.2 Å². The van der Waals surface area contributed by atoms with Crippen LogP contribution in [-0.4, -0.2) is 22.0 Å². The molecule has 4 nitrogen and oxygen atoms in total. The number of nitrogens with one attached hydrogen (secondary N) is 1. The summed E-state index contributed by atoms with van der Waals surface area (Å²) in [7, 11) is 0. The van der Waals surface area contributed by atoms with E-state index in [2.05, 4.69) is 10.3 Å². The van der Waals surface area contributed by atoms with E-state index in [-0.39, 0.29) is 5.91 Å². The van der Waals surface area contributed by atoms with Crippen LogP contribution < -0.4 is 5.32 Å². The van der Waals surface area contributed by atoms with Crippen LogP contribution in [0.15, 0.2) is 42.6 Å². The van der Waals surface area contributed by atoms with Crippen molar-refractivity contribution in [3.63, 3.8) is 0 Å². The summed E-state index contributed by atoms with van der Waals surface area (Å²) in [6, 6.07) is 9.48. The van der Waals surface area contributed by atoms with E-state index in [0.717, 1.165) is 0 Å². The zero-order valence-corrected chi connectivity index (χ0v) is 12.8. The van der Waals surface area contributed by atoms with Gasteiger partial charge in [0.15, 0.2) is 0 Å². The first-order valence-electron chi connectivity index (χ1n) is 6.33. The summed E-state index contributed by atoms with van der Waals surface area (Å²) in [6.07, 6.45) is 0.561. The number of aromatic nitrogens is 1. The Labute approximate surface area is 132 Å². The van der Waals surface area contributed by atoms with Gasteiger partial charge in [-0.25, -0.2) is 4.98 Å². The molecule has 2 rings (SSSR count). The summed E-state index contributed by atoms with van der Waals surface area (Å²) < 4.78 is 0. The lowest BCUT2D eigenvalue weighted by Gasteiger charge is -2.20. The van der Waals surface area contributed by atoms with Crippen LogP contribution in [-0.2, 0) is 0 Å². The summed E-state index contributed by atoms with van der Waals surface area (Å²) in [6.45, 7) is 1.72. The van der Waals surface area contributed by atoms with Gasteiger partial charge in [-0.2, -0.15) is 0 Å². The van der Waals surface area contributed by atoms with Crippen LogP contribution in [0.25, 0.3) is 0 Å². The fourth-order valence-electron chi connectivity index (χ4n) is 1.83. The molecule has 6 heteroatoms. The molecule has 0 saturated carbocycles. The van der Waals surface area contributed by atoms with Crippen LogP contribution in [0.4, 0.5) is 0 Å². The topological polar surface area (TPSA) is 62.2 Å². The van der Waals surface area contributed by atoms with Crippen molar-refractivity contribution in [3.05, 3.63) is 63.9 Å². The normalized spacial score (nSPS) is 13.5. The third-order valence-corrected chi connectivity index (χ3v) is 3.51. The summed E-state index contributed by atoms with van der Waals surface area (Å²) >= 11 is 11.5. The molecule has 1 amide bonds. The smallest absolute Gasteiger partial charge is 0.253 e. The molecule has 1 heterocycles. The number of nitrogens with zero attached hydrogens (tertiary/aromatic N) is 1. The number of carbonyl (C=O) groups is 1. The van der Waals surface area contributed by atoms with E-state index < -0.39 is 12.1 Å². The number of rotatable bonds is 4. The minimum absolute atomic E-state index is 0.320. The molecular formula is C15H14Cl2N2O2. The number of benzene rings is 1. The van der Waals surface area contributed by atoms with Crippen molar-refractivity contribution in [1.29, 1.82) is 0 Å². The molecule has 0 aliphatic carbocycles. The van der Waals surface area contributed by atoms with Gasteiger partial charge in [0.1, 0.15) is 5.15 Å². The van der Waals surface area contributed by atoms with Gasteiger partial charge < -0.3 is 10.4 Å². The molecule has 2 unspecified atom stereocenters. The van der Waals surface area contributed by atoms with Gasteiger partial charge in [-0.1, -0.05) is 35.3 Å². The Kier molecular flexibility index (Phi) is 5.17. The minimum atomic E-state index is -0.827. The van der Waals surface area contributed by atoms with Gasteiger partial charge in [0.2, 0.25) is 0 Å². The molecule has 2 atom stereocenters. The Bertz CT molecular complexity index is 615. The Balaban J connectivity index is 2.03. The number of aliphatic hydroxyl groups is 1. The van der Waals surface area contributed by atoms with Crippen LogP contribution in [0, 0.1) is 0 Å². The molecule has 0 saturated heterocycles. The predicted molar refractivity (Wildman–Crippen MR) is 82.6 cm³/mol. The van der Waals surface area contributed by atoms with E-state index in [9.17, 15) is 9.90 Å².